The van der Waals surface area contributed by atoms with Crippen molar-refractivity contribution in [3.63, 3.8) is 0 Å². The Morgan fingerprint density at radius 2 is 1.38 bits per heavy atom. The van der Waals surface area contributed by atoms with Crippen LogP contribution in [0.15, 0.2) is 0 Å². The van der Waals surface area contributed by atoms with Gasteiger partial charge in [-0.15, -0.1) is 11.3 Å². The third-order valence-corrected chi connectivity index (χ3v) is 2.78. The summed E-state index contributed by atoms with van der Waals surface area (Å²) in [7, 11) is 3.01. The van der Waals surface area contributed by atoms with Gasteiger partial charge in [0.25, 0.3) is 0 Å². The Morgan fingerprint density at radius 1 is 1.00 bits per heavy atom. The number of rotatable bonds is 4. The predicted molar refractivity (Wildman–Crippen MR) is 49.3 cm³/mol. The zero-order valence-corrected chi connectivity index (χ0v) is 8.35. The molecular formula is C8H12O4S. The Kier molecular flexibility index (Phi) is 3.53. The smallest absolute Gasteiger partial charge is 0.177 e. The van der Waals surface area contributed by atoms with E-state index in [4.69, 9.17) is 19.7 Å². The molecular weight excluding hydrogens is 192 g/mol. The second-order valence-electron chi connectivity index (χ2n) is 2.33. The van der Waals surface area contributed by atoms with Crippen LogP contribution in [0.4, 0.5) is 0 Å². The molecule has 0 amide bonds. The van der Waals surface area contributed by atoms with E-state index in [9.17, 15) is 0 Å². The lowest BCUT2D eigenvalue weighted by Gasteiger charge is -2.03. The number of hydrogen-bond donors (Lipinski definition) is 2. The first kappa shape index (κ1) is 10.3. The maximum Gasteiger partial charge on any atom is 0.177 e. The molecule has 0 aromatic carbocycles. The second-order valence-corrected chi connectivity index (χ2v) is 3.52. The van der Waals surface area contributed by atoms with Crippen LogP contribution in [0, 0.1) is 0 Å². The quantitative estimate of drug-likeness (QED) is 0.759. The Hall–Kier alpha value is -0.780. The van der Waals surface area contributed by atoms with Gasteiger partial charge in [0.05, 0.1) is 37.2 Å². The second kappa shape index (κ2) is 4.45. The summed E-state index contributed by atoms with van der Waals surface area (Å²) < 4.78 is 10.1. The first-order valence-corrected chi connectivity index (χ1v) is 4.54. The normalized spacial score (nSPS) is 10.2. The van der Waals surface area contributed by atoms with Gasteiger partial charge in [-0.05, 0) is 0 Å². The highest BCUT2D eigenvalue weighted by atomic mass is 32.1. The molecule has 1 aromatic rings. The molecule has 5 heteroatoms. The third kappa shape index (κ3) is 1.77. The fourth-order valence-electron chi connectivity index (χ4n) is 1.12. The minimum absolute atomic E-state index is 0.107. The van der Waals surface area contributed by atoms with Gasteiger partial charge in [0.15, 0.2) is 11.5 Å². The van der Waals surface area contributed by atoms with Crippen LogP contribution in [0.5, 0.6) is 11.5 Å². The molecule has 0 aliphatic heterocycles. The summed E-state index contributed by atoms with van der Waals surface area (Å²) in [4.78, 5) is 1.34. The standard InChI is InChI=1S/C8H12O4S/c1-11-7-5(3-9)13-6(4-10)8(7)12-2/h9-10H,3-4H2,1-2H3. The Morgan fingerprint density at radius 3 is 1.62 bits per heavy atom. The van der Waals surface area contributed by atoms with E-state index in [2.05, 4.69) is 0 Å². The molecule has 0 spiro atoms. The Labute approximate surface area is 80.3 Å². The van der Waals surface area contributed by atoms with Crippen LogP contribution in [0.1, 0.15) is 9.75 Å². The highest BCUT2D eigenvalue weighted by Gasteiger charge is 2.18. The summed E-state index contributed by atoms with van der Waals surface area (Å²) in [6.45, 7) is -0.214. The van der Waals surface area contributed by atoms with Crippen molar-refractivity contribution in [1.82, 2.24) is 0 Å². The van der Waals surface area contributed by atoms with E-state index in [1.165, 1.54) is 25.6 Å². The lowest BCUT2D eigenvalue weighted by Crippen LogP contribution is -1.91. The van der Waals surface area contributed by atoms with Crippen LogP contribution in [-0.4, -0.2) is 24.4 Å². The van der Waals surface area contributed by atoms with Crippen LogP contribution in [0.3, 0.4) is 0 Å². The maximum absolute atomic E-state index is 8.97. The zero-order chi connectivity index (χ0) is 9.84. The Bertz CT molecular complexity index is 255. The van der Waals surface area contributed by atoms with Crippen LogP contribution < -0.4 is 9.47 Å². The molecule has 0 aliphatic rings. The van der Waals surface area contributed by atoms with Crippen LogP contribution in [-0.2, 0) is 13.2 Å². The van der Waals surface area contributed by atoms with Crippen molar-refractivity contribution in [2.24, 2.45) is 0 Å². The van der Waals surface area contributed by atoms with Gasteiger partial charge in [-0.2, -0.15) is 0 Å². The highest BCUT2D eigenvalue weighted by molar-refractivity contribution is 7.12. The molecule has 1 rings (SSSR count). The van der Waals surface area contributed by atoms with Gasteiger partial charge in [-0.3, -0.25) is 0 Å². The number of ether oxygens (including phenoxy) is 2. The molecule has 0 fully saturated rings. The molecule has 4 nitrogen and oxygen atoms in total. The number of aliphatic hydroxyl groups is 2. The fraction of sp³-hybridized carbons (Fsp3) is 0.500. The van der Waals surface area contributed by atoms with Crippen molar-refractivity contribution < 1.29 is 19.7 Å². The van der Waals surface area contributed by atoms with Gasteiger partial charge >= 0.3 is 0 Å². The molecule has 2 N–H and O–H groups in total. The van der Waals surface area contributed by atoms with Crippen LogP contribution in [0.25, 0.3) is 0 Å². The topological polar surface area (TPSA) is 58.9 Å². The first-order valence-electron chi connectivity index (χ1n) is 3.72. The van der Waals surface area contributed by atoms with Crippen molar-refractivity contribution in [1.29, 1.82) is 0 Å². The summed E-state index contributed by atoms with van der Waals surface area (Å²) in [5.74, 6) is 1.03. The van der Waals surface area contributed by atoms with Gasteiger partial charge in [-0.25, -0.2) is 0 Å². The molecule has 74 valence electrons. The van der Waals surface area contributed by atoms with Gasteiger partial charge < -0.3 is 19.7 Å². The van der Waals surface area contributed by atoms with E-state index < -0.39 is 0 Å². The molecule has 0 atom stereocenters. The molecule has 0 bridgehead atoms. The molecule has 0 radical (unpaired) electrons. The van der Waals surface area contributed by atoms with Crippen molar-refractivity contribution in [2.45, 2.75) is 13.2 Å². The number of thiophene rings is 1. The van der Waals surface area contributed by atoms with Crippen LogP contribution in [0.2, 0.25) is 0 Å². The average molecular weight is 204 g/mol. The van der Waals surface area contributed by atoms with Gasteiger partial charge in [-0.1, -0.05) is 0 Å². The average Bonchev–Trinajstić information content (AvgIpc) is 2.54. The van der Waals surface area contributed by atoms with E-state index in [1.807, 2.05) is 0 Å². The van der Waals surface area contributed by atoms with Crippen molar-refractivity contribution in [3.8, 4) is 11.5 Å². The van der Waals surface area contributed by atoms with E-state index in [-0.39, 0.29) is 13.2 Å². The van der Waals surface area contributed by atoms with E-state index in [0.29, 0.717) is 21.3 Å². The van der Waals surface area contributed by atoms with E-state index in [1.54, 1.807) is 0 Å². The van der Waals surface area contributed by atoms with Crippen molar-refractivity contribution >= 4 is 11.3 Å². The van der Waals surface area contributed by atoms with E-state index in [0.717, 1.165) is 0 Å². The third-order valence-electron chi connectivity index (χ3n) is 1.65. The molecule has 1 aromatic heterocycles. The van der Waals surface area contributed by atoms with Crippen LogP contribution >= 0.6 is 11.3 Å². The summed E-state index contributed by atoms with van der Waals surface area (Å²) in [6, 6.07) is 0. The largest absolute Gasteiger partial charge is 0.492 e. The lowest BCUT2D eigenvalue weighted by molar-refractivity contribution is 0.270. The summed E-state index contributed by atoms with van der Waals surface area (Å²) in [5.41, 5.74) is 0. The lowest BCUT2D eigenvalue weighted by atomic mass is 10.3. The molecule has 0 unspecified atom stereocenters. The number of methoxy groups -OCH3 is 2. The number of aliphatic hydroxyl groups excluding tert-OH is 2. The predicted octanol–water partition coefficient (Wildman–Crippen LogP) is 0.750. The highest BCUT2D eigenvalue weighted by Crippen LogP contribution is 2.41. The first-order chi connectivity index (χ1) is 6.28. The molecule has 0 aliphatic carbocycles. The minimum atomic E-state index is -0.107. The Balaban J connectivity index is 3.17. The summed E-state index contributed by atoms with van der Waals surface area (Å²) in [6.07, 6.45) is 0. The number of hydrogen-bond acceptors (Lipinski definition) is 5. The molecule has 0 saturated heterocycles. The van der Waals surface area contributed by atoms with Gasteiger partial charge in [0, 0.05) is 0 Å². The summed E-state index contributed by atoms with van der Waals surface area (Å²) >= 11 is 1.29. The fourth-order valence-corrected chi connectivity index (χ4v) is 2.08. The minimum Gasteiger partial charge on any atom is -0.492 e. The van der Waals surface area contributed by atoms with Gasteiger partial charge in [0.2, 0.25) is 0 Å². The maximum atomic E-state index is 8.97. The zero-order valence-electron chi connectivity index (χ0n) is 7.53. The monoisotopic (exact) mass is 204 g/mol. The SMILES string of the molecule is COc1c(CO)sc(CO)c1OC. The summed E-state index contributed by atoms with van der Waals surface area (Å²) in [5, 5.41) is 17.9. The van der Waals surface area contributed by atoms with Gasteiger partial charge in [0.1, 0.15) is 0 Å². The van der Waals surface area contributed by atoms with Crippen molar-refractivity contribution in [2.75, 3.05) is 14.2 Å². The van der Waals surface area contributed by atoms with Crippen molar-refractivity contribution in [3.05, 3.63) is 9.75 Å². The molecule has 13 heavy (non-hydrogen) atoms. The molecule has 0 saturated carbocycles. The van der Waals surface area contributed by atoms with E-state index >= 15 is 0 Å². The molecule has 1 heterocycles.